The van der Waals surface area contributed by atoms with Gasteiger partial charge < -0.3 is 9.13 Å². The molecule has 4 heterocycles. The highest BCUT2D eigenvalue weighted by Gasteiger charge is 2.20. The first-order valence-electron chi connectivity index (χ1n) is 19.2. The molecule has 266 valence electrons. The monoisotopic (exact) mass is 744 g/mol. The molecule has 0 unspecified atom stereocenters. The summed E-state index contributed by atoms with van der Waals surface area (Å²) in [5.74, 6) is 0.737. The highest BCUT2D eigenvalue weighted by molar-refractivity contribution is 7.26. The molecule has 0 saturated carbocycles. The summed E-state index contributed by atoms with van der Waals surface area (Å²) in [6.45, 7) is 0. The number of fused-ring (bicyclic) bond motifs is 9. The van der Waals surface area contributed by atoms with Gasteiger partial charge >= 0.3 is 0 Å². The predicted molar refractivity (Wildman–Crippen MR) is 240 cm³/mol. The third-order valence-corrected chi connectivity index (χ3v) is 12.5. The van der Waals surface area contributed by atoms with E-state index in [-0.39, 0.29) is 0 Å². The standard InChI is InChI=1S/C52H32N4S/c1-3-15-33(16-4-1)49-51-50(54-52(53-49)34-17-5-2-6-18-34)43-28-27-35(31-48(43)57-51)36-29-37(55-44-23-11-7-19-39(44)40-20-8-12-24-45(40)55)32-38(30-36)56-46-25-13-9-21-41(46)42-22-10-14-26-47(42)56/h1-32H. The minimum Gasteiger partial charge on any atom is -0.309 e. The third-order valence-electron chi connectivity index (χ3n) is 11.3. The first-order valence-corrected chi connectivity index (χ1v) is 20.1. The molecule has 0 atom stereocenters. The summed E-state index contributed by atoms with van der Waals surface area (Å²) in [5.41, 5.74) is 13.3. The van der Waals surface area contributed by atoms with Gasteiger partial charge in [-0.05, 0) is 59.7 Å². The number of aromatic nitrogens is 4. The van der Waals surface area contributed by atoms with Crippen LogP contribution in [0.25, 0.3) is 109 Å². The lowest BCUT2D eigenvalue weighted by Crippen LogP contribution is -2.00. The molecule has 0 spiro atoms. The third kappa shape index (κ3) is 4.99. The van der Waals surface area contributed by atoms with E-state index in [1.807, 2.05) is 18.2 Å². The summed E-state index contributed by atoms with van der Waals surface area (Å²) in [6.07, 6.45) is 0. The first-order chi connectivity index (χ1) is 28.3. The molecular formula is C52H32N4S. The van der Waals surface area contributed by atoms with Crippen LogP contribution in [0.3, 0.4) is 0 Å². The number of thiophene rings is 1. The molecule has 0 N–H and O–H groups in total. The van der Waals surface area contributed by atoms with Crippen molar-refractivity contribution in [3.63, 3.8) is 0 Å². The molecule has 4 aromatic heterocycles. The van der Waals surface area contributed by atoms with Crippen LogP contribution in [-0.2, 0) is 0 Å². The summed E-state index contributed by atoms with van der Waals surface area (Å²) in [5, 5.41) is 6.11. The largest absolute Gasteiger partial charge is 0.309 e. The predicted octanol–water partition coefficient (Wildman–Crippen LogP) is 14.0. The molecule has 0 radical (unpaired) electrons. The van der Waals surface area contributed by atoms with Gasteiger partial charge in [0, 0.05) is 54.1 Å². The van der Waals surface area contributed by atoms with E-state index in [4.69, 9.17) is 9.97 Å². The Morgan fingerprint density at radius 1 is 0.351 bits per heavy atom. The fourth-order valence-corrected chi connectivity index (χ4v) is 9.94. The summed E-state index contributed by atoms with van der Waals surface area (Å²) in [7, 11) is 0. The fourth-order valence-electron chi connectivity index (χ4n) is 8.75. The highest BCUT2D eigenvalue weighted by atomic mass is 32.1. The van der Waals surface area contributed by atoms with Crippen molar-refractivity contribution in [2.75, 3.05) is 0 Å². The lowest BCUT2D eigenvalue weighted by atomic mass is 10.0. The number of hydrogen-bond donors (Lipinski definition) is 0. The Bertz CT molecular complexity index is 3280. The van der Waals surface area contributed by atoms with Crippen molar-refractivity contribution in [3.05, 3.63) is 194 Å². The van der Waals surface area contributed by atoms with E-state index in [2.05, 4.69) is 185 Å². The van der Waals surface area contributed by atoms with Crippen molar-refractivity contribution in [2.24, 2.45) is 0 Å². The molecule has 0 saturated heterocycles. The summed E-state index contributed by atoms with van der Waals surface area (Å²) >= 11 is 1.77. The highest BCUT2D eigenvalue weighted by Crippen LogP contribution is 2.42. The van der Waals surface area contributed by atoms with E-state index in [0.717, 1.165) is 60.7 Å². The maximum atomic E-state index is 5.23. The van der Waals surface area contributed by atoms with Crippen molar-refractivity contribution < 1.29 is 0 Å². The second kappa shape index (κ2) is 12.6. The smallest absolute Gasteiger partial charge is 0.160 e. The van der Waals surface area contributed by atoms with Crippen molar-refractivity contribution >= 4 is 75.3 Å². The Morgan fingerprint density at radius 3 is 1.35 bits per heavy atom. The topological polar surface area (TPSA) is 35.6 Å². The number of hydrogen-bond acceptors (Lipinski definition) is 3. The van der Waals surface area contributed by atoms with Gasteiger partial charge in [-0.3, -0.25) is 0 Å². The molecule has 12 rings (SSSR count). The van der Waals surface area contributed by atoms with Gasteiger partial charge in [0.25, 0.3) is 0 Å². The molecule has 12 aromatic rings. The van der Waals surface area contributed by atoms with Gasteiger partial charge in [-0.1, -0.05) is 146 Å². The molecule has 0 amide bonds. The molecule has 5 heteroatoms. The quantitative estimate of drug-likeness (QED) is 0.176. The first kappa shape index (κ1) is 32.0. The van der Waals surface area contributed by atoms with Crippen LogP contribution in [0.4, 0.5) is 0 Å². The lowest BCUT2D eigenvalue weighted by Gasteiger charge is -2.16. The Balaban J connectivity index is 1.13. The van der Waals surface area contributed by atoms with Crippen molar-refractivity contribution in [1.29, 1.82) is 0 Å². The minimum atomic E-state index is 0.737. The molecular weight excluding hydrogens is 713 g/mol. The molecule has 0 aliphatic heterocycles. The fraction of sp³-hybridized carbons (Fsp3) is 0. The van der Waals surface area contributed by atoms with Crippen LogP contribution in [0.2, 0.25) is 0 Å². The van der Waals surface area contributed by atoms with Gasteiger partial charge in [0.05, 0.1) is 38.0 Å². The molecule has 4 nitrogen and oxygen atoms in total. The second-order valence-electron chi connectivity index (χ2n) is 14.6. The van der Waals surface area contributed by atoms with E-state index in [1.165, 1.54) is 48.3 Å². The molecule has 8 aromatic carbocycles. The number of benzene rings is 8. The SMILES string of the molecule is c1ccc(-c2nc(-c3ccccc3)c3sc4cc(-c5cc(-n6c7ccccc7c7ccccc76)cc(-n6c7ccccc7c7ccccc76)c5)ccc4c3n2)cc1. The molecule has 0 aliphatic rings. The van der Waals surface area contributed by atoms with Gasteiger partial charge in [-0.25, -0.2) is 9.97 Å². The zero-order valence-electron chi connectivity index (χ0n) is 30.7. The van der Waals surface area contributed by atoms with Gasteiger partial charge in [0.2, 0.25) is 0 Å². The zero-order chi connectivity index (χ0) is 37.5. The van der Waals surface area contributed by atoms with E-state index < -0.39 is 0 Å². The maximum absolute atomic E-state index is 5.23. The average Bonchev–Trinajstić information content (AvgIpc) is 3.94. The van der Waals surface area contributed by atoms with Gasteiger partial charge in [0.15, 0.2) is 5.82 Å². The Kier molecular flexibility index (Phi) is 7.06. The Hall–Kier alpha value is -7.34. The van der Waals surface area contributed by atoms with Crippen LogP contribution in [0.15, 0.2) is 194 Å². The summed E-state index contributed by atoms with van der Waals surface area (Å²) < 4.78 is 7.13. The van der Waals surface area contributed by atoms with Crippen LogP contribution in [0.5, 0.6) is 0 Å². The van der Waals surface area contributed by atoms with Crippen molar-refractivity contribution in [1.82, 2.24) is 19.1 Å². The minimum absolute atomic E-state index is 0.737. The van der Waals surface area contributed by atoms with Gasteiger partial charge in [0.1, 0.15) is 0 Å². The maximum Gasteiger partial charge on any atom is 0.160 e. The number of rotatable bonds is 5. The Morgan fingerprint density at radius 2 is 0.825 bits per heavy atom. The lowest BCUT2D eigenvalue weighted by molar-refractivity contribution is 1.13. The summed E-state index contributed by atoms with van der Waals surface area (Å²) in [6, 6.07) is 69.7. The van der Waals surface area contributed by atoms with Crippen LogP contribution in [0.1, 0.15) is 0 Å². The van der Waals surface area contributed by atoms with E-state index >= 15 is 0 Å². The average molecular weight is 745 g/mol. The number of nitrogens with zero attached hydrogens (tertiary/aromatic N) is 4. The van der Waals surface area contributed by atoms with Crippen LogP contribution < -0.4 is 0 Å². The van der Waals surface area contributed by atoms with Crippen molar-refractivity contribution in [2.45, 2.75) is 0 Å². The zero-order valence-corrected chi connectivity index (χ0v) is 31.5. The van der Waals surface area contributed by atoms with Crippen LogP contribution in [-0.4, -0.2) is 19.1 Å². The van der Waals surface area contributed by atoms with E-state index in [9.17, 15) is 0 Å². The van der Waals surface area contributed by atoms with Crippen LogP contribution in [0, 0.1) is 0 Å². The normalized spacial score (nSPS) is 11.9. The van der Waals surface area contributed by atoms with Crippen LogP contribution >= 0.6 is 11.3 Å². The van der Waals surface area contributed by atoms with Crippen molar-refractivity contribution in [3.8, 4) is 45.1 Å². The summed E-state index contributed by atoms with van der Waals surface area (Å²) in [4.78, 5) is 10.4. The molecule has 57 heavy (non-hydrogen) atoms. The van der Waals surface area contributed by atoms with E-state index in [0.29, 0.717) is 0 Å². The van der Waals surface area contributed by atoms with Gasteiger partial charge in [-0.2, -0.15) is 0 Å². The number of para-hydroxylation sites is 4. The molecule has 0 fully saturated rings. The Labute approximate surface area is 332 Å². The van der Waals surface area contributed by atoms with Gasteiger partial charge in [-0.15, -0.1) is 11.3 Å². The molecule has 0 bridgehead atoms. The molecule has 0 aliphatic carbocycles. The second-order valence-corrected chi connectivity index (χ2v) is 15.6. The van der Waals surface area contributed by atoms with E-state index in [1.54, 1.807) is 11.3 Å².